The van der Waals surface area contributed by atoms with Gasteiger partial charge in [0.15, 0.2) is 34.5 Å². The van der Waals surface area contributed by atoms with Gasteiger partial charge in [-0.2, -0.15) is 15.3 Å². The van der Waals surface area contributed by atoms with E-state index in [0.29, 0.717) is 197 Å². The molecular weight excluding hydrogens is 1890 g/mol. The van der Waals surface area contributed by atoms with Crippen molar-refractivity contribution < 1.29 is 74.1 Å². The number of ether oxygens (including phenoxy) is 6. The fraction of sp³-hybridized carbons (Fsp3) is 0.500. The number of nitrogens with one attached hydrogen (secondary N) is 6. The molecule has 0 bridgehead atoms. The molecule has 3 fully saturated rings. The molecule has 9 heterocycles. The van der Waals surface area contributed by atoms with E-state index in [4.69, 9.17) is 42.0 Å². The molecule has 0 unspecified atom stereocenters. The van der Waals surface area contributed by atoms with Gasteiger partial charge in [0.25, 0.3) is 0 Å². The van der Waals surface area contributed by atoms with Crippen LogP contribution in [0.4, 0.5) is 64.7 Å². The van der Waals surface area contributed by atoms with Crippen molar-refractivity contribution in [2.45, 2.75) is 237 Å². The monoisotopic (exact) mass is 2030 g/mol. The number of carbonyl (C=O) groups is 3. The second-order valence-corrected chi connectivity index (χ2v) is 45.6. The first-order chi connectivity index (χ1) is 69.2. The van der Waals surface area contributed by atoms with Crippen LogP contribution in [-0.2, 0) is 52.2 Å². The molecule has 38 heteroatoms. The number of amides is 3. The van der Waals surface area contributed by atoms with Gasteiger partial charge in [-0.3, -0.25) is 56.7 Å². The molecule has 3 saturated heterocycles. The molecule has 782 valence electrons. The molecule has 6 aromatic carbocycles. The lowest BCUT2D eigenvalue weighted by molar-refractivity contribution is -0.234. The number of aromatic nitrogens is 12. The highest BCUT2D eigenvalue weighted by Gasteiger charge is 2.71. The maximum absolute atomic E-state index is 19.3. The highest BCUT2D eigenvalue weighted by molar-refractivity contribution is 7.48. The number of phosphoric ester groups is 1. The quantitative estimate of drug-likeness (QED) is 0.0153. The van der Waals surface area contributed by atoms with E-state index in [0.717, 1.165) is 19.3 Å². The molecule has 3 atom stereocenters. The summed E-state index contributed by atoms with van der Waals surface area (Å²) in [5.41, 5.74) is -4.17. The third-order valence-electron chi connectivity index (χ3n) is 28.2. The van der Waals surface area contributed by atoms with E-state index in [9.17, 15) is 27.6 Å². The van der Waals surface area contributed by atoms with Crippen LogP contribution in [-0.4, -0.2) is 207 Å². The minimum atomic E-state index is -5.15. The number of nitrogens with zero attached hydrogens (tertiary/aromatic N) is 15. The molecule has 12 aromatic rings. The van der Waals surface area contributed by atoms with Crippen molar-refractivity contribution in [3.63, 3.8) is 0 Å². The first-order valence-electron chi connectivity index (χ1n) is 50.1. The minimum Gasteiger partial charge on any atom is -0.493 e. The standard InChI is InChI=1S/C108H141F3N21O13P/c1-100(2,3)106(101(4,5)6,91-37-25-40-127(91)43-28-46-140-88-55-82-79(52-85(88)137-19)97(115-67-112-82)124-76-58-118-130(61-76)64-94(133)121-73-34-22-31-70(109)49-73)143-146(136,144-107(102(7,8)9,103(10,11)12)92-38-26-41-128(92)44-29-47-141-89-56-83-80(53-86(89)138-20)98(116-68-113-83)125-77-59-119-131(62-77)65-95(134)122-74-35-23-32-71(110)50-74)145-108(104(13,14)15,105(16,17)18)93-39-27-42-129(93)45-30-48-142-90-57-84-81(54-87(90)139-21)99(117-69-114-84)126-78-60-120-132(63-78)66-96(135)123-75-36-24-33-72(111)51-75/h22-24,31-36,49-63,67-69,91-93H,25-30,37-48,64-66H2,1-21H3,(H,121,133)(H,122,134)(H,123,135)(H,112,115,124)(H,113,116,125)(H,114,117,126)/t91-,92-,93-/m1/s1. The number of phosphoric acid groups is 1. The summed E-state index contributed by atoms with van der Waals surface area (Å²) in [4.78, 5) is 74.3. The van der Waals surface area contributed by atoms with Crippen LogP contribution in [0.2, 0.25) is 0 Å². The van der Waals surface area contributed by atoms with E-state index < -0.39 is 74.6 Å². The summed E-state index contributed by atoms with van der Waals surface area (Å²) < 4.78 is 130. The fourth-order valence-corrected chi connectivity index (χ4v) is 26.2. The third-order valence-corrected chi connectivity index (χ3v) is 29.7. The average molecular weight is 2030 g/mol. The van der Waals surface area contributed by atoms with Crippen molar-refractivity contribution in [1.82, 2.24) is 73.9 Å². The molecular formula is C108H141F3N21O13P. The Kier molecular flexibility index (Phi) is 32.6. The number of fused-ring (bicyclic) bond motifs is 3. The molecule has 6 aromatic heterocycles. The second-order valence-electron chi connectivity index (χ2n) is 44.2. The summed E-state index contributed by atoms with van der Waals surface area (Å²) in [6, 6.07) is 27.0. The SMILES string of the molecule is COc1cc2c(Nc3cnn(CC(=O)Nc4cccc(F)c4)c3)ncnc2cc1OCCCN1CCC[C@@H]1C(OP(=O)(OC([C@H]1CCCN1CCCOc1cc2ncnc(Nc3cnn(CC(=O)Nc4cccc(F)c4)c3)c2cc1OC)(C(C)(C)C)C(C)(C)C)OC([C@H]1CCCN1CCCOc1cc2ncnc(Nc3cnn(CC(=O)Nc4cccc(F)c4)c3)c2cc1OC)(C(C)(C)C)C(C)(C)C)(C(C)(C)C)C(C)(C)C. The zero-order chi connectivity index (χ0) is 105. The first kappa shape index (κ1) is 108. The summed E-state index contributed by atoms with van der Waals surface area (Å²) in [6.07, 6.45) is 20.5. The predicted molar refractivity (Wildman–Crippen MR) is 560 cm³/mol. The summed E-state index contributed by atoms with van der Waals surface area (Å²) in [7, 11) is -0.379. The number of hydrogen-bond acceptors (Lipinski definition) is 28. The van der Waals surface area contributed by atoms with Gasteiger partial charge in [0.05, 0.1) is 93.4 Å². The van der Waals surface area contributed by atoms with Gasteiger partial charge < -0.3 is 60.3 Å². The molecule has 34 nitrogen and oxygen atoms in total. The van der Waals surface area contributed by atoms with Crippen LogP contribution in [0.1, 0.15) is 182 Å². The molecule has 6 N–H and O–H groups in total. The summed E-state index contributed by atoms with van der Waals surface area (Å²) in [6.45, 7) is 44.3. The van der Waals surface area contributed by atoms with Crippen molar-refractivity contribution in [2.75, 3.05) is 112 Å². The Morgan fingerprint density at radius 1 is 0.363 bits per heavy atom. The third kappa shape index (κ3) is 23.9. The van der Waals surface area contributed by atoms with Crippen molar-refractivity contribution in [1.29, 1.82) is 0 Å². The van der Waals surface area contributed by atoms with Crippen LogP contribution in [0.15, 0.2) is 165 Å². The van der Waals surface area contributed by atoms with Crippen molar-refractivity contribution >= 4 is 110 Å². The Labute approximate surface area is 852 Å². The summed E-state index contributed by atoms with van der Waals surface area (Å²) in [5.74, 6) is 1.71. The fourth-order valence-electron chi connectivity index (χ4n) is 23.0. The van der Waals surface area contributed by atoms with Crippen LogP contribution in [0, 0.1) is 49.9 Å². The first-order valence-corrected chi connectivity index (χ1v) is 51.5. The highest BCUT2D eigenvalue weighted by Crippen LogP contribution is 2.73. The number of carbonyl (C=O) groups excluding carboxylic acids is 3. The number of rotatable bonds is 42. The van der Waals surface area contributed by atoms with Gasteiger partial charge in [-0.25, -0.2) is 47.6 Å². The lowest BCUT2D eigenvalue weighted by Crippen LogP contribution is -2.69. The number of likely N-dealkylation sites (tertiary alicyclic amines) is 3. The van der Waals surface area contributed by atoms with Gasteiger partial charge in [-0.15, -0.1) is 0 Å². The Hall–Kier alpha value is -12.6. The van der Waals surface area contributed by atoms with Crippen molar-refractivity contribution in [3.8, 4) is 34.5 Å². The lowest BCUT2D eigenvalue weighted by atomic mass is 9.58. The van der Waals surface area contributed by atoms with Gasteiger partial charge in [-0.1, -0.05) is 143 Å². The largest absolute Gasteiger partial charge is 0.493 e. The van der Waals surface area contributed by atoms with E-state index in [2.05, 4.69) is 216 Å². The van der Waals surface area contributed by atoms with Crippen LogP contribution in [0.3, 0.4) is 0 Å². The molecule has 15 rings (SSSR count). The van der Waals surface area contributed by atoms with Gasteiger partial charge in [0.1, 0.15) is 90.3 Å². The maximum atomic E-state index is 19.3. The van der Waals surface area contributed by atoms with Crippen molar-refractivity contribution in [3.05, 3.63) is 183 Å². The lowest BCUT2D eigenvalue weighted by Gasteiger charge is -2.63. The number of halogens is 3. The van der Waals surface area contributed by atoms with Crippen molar-refractivity contribution in [2.24, 2.45) is 32.5 Å². The topological polar surface area (TPSA) is 364 Å². The molecule has 0 spiro atoms. The molecule has 0 saturated carbocycles. The Morgan fingerprint density at radius 3 is 0.877 bits per heavy atom. The summed E-state index contributed by atoms with van der Waals surface area (Å²) in [5, 5.41) is 33.3. The molecule has 3 aliphatic heterocycles. The summed E-state index contributed by atoms with van der Waals surface area (Å²) >= 11 is 0. The predicted octanol–water partition coefficient (Wildman–Crippen LogP) is 21.4. The van der Waals surface area contributed by atoms with E-state index in [-0.39, 0.29) is 75.3 Å². The molecule has 146 heavy (non-hydrogen) atoms. The second kappa shape index (κ2) is 44.2. The zero-order valence-corrected chi connectivity index (χ0v) is 88.7. The van der Waals surface area contributed by atoms with Crippen LogP contribution in [0.25, 0.3) is 32.7 Å². The Bertz CT molecular complexity index is 6000. The van der Waals surface area contributed by atoms with Gasteiger partial charge >= 0.3 is 7.82 Å². The molecule has 0 aliphatic carbocycles. The minimum absolute atomic E-state index is 0.123. The smallest absolute Gasteiger partial charge is 0.476 e. The van der Waals surface area contributed by atoms with Crippen LogP contribution < -0.4 is 60.3 Å². The maximum Gasteiger partial charge on any atom is 0.476 e. The number of methoxy groups -OCH3 is 3. The van der Waals surface area contributed by atoms with Gasteiger partial charge in [0.2, 0.25) is 17.7 Å². The Morgan fingerprint density at radius 2 is 0.630 bits per heavy atom. The van der Waals surface area contributed by atoms with Gasteiger partial charge in [0, 0.05) is 108 Å². The van der Waals surface area contributed by atoms with E-state index in [1.807, 2.05) is 36.4 Å². The molecule has 3 amide bonds. The van der Waals surface area contributed by atoms with Crippen LogP contribution in [0.5, 0.6) is 34.5 Å². The molecule has 0 radical (unpaired) electrons. The number of anilines is 9. The van der Waals surface area contributed by atoms with Gasteiger partial charge in [-0.05, 0) is 183 Å². The van der Waals surface area contributed by atoms with E-state index >= 15 is 4.57 Å². The average Bonchev–Trinajstić information content (AvgIpc) is 1.57. The van der Waals surface area contributed by atoms with E-state index in [1.165, 1.54) is 87.6 Å². The normalized spacial score (nSPS) is 16.2. The zero-order valence-electron chi connectivity index (χ0n) is 87.8. The number of benzene rings is 6. The molecule has 3 aliphatic rings. The number of hydrogen-bond donors (Lipinski definition) is 6. The van der Waals surface area contributed by atoms with Crippen LogP contribution >= 0.6 is 7.82 Å². The Balaban J connectivity index is 0.709. The van der Waals surface area contributed by atoms with E-state index in [1.54, 1.807) is 76.7 Å². The highest BCUT2D eigenvalue weighted by atomic mass is 31.2.